The Bertz CT molecular complexity index is 748. The molecule has 0 aliphatic carbocycles. The normalized spacial score (nSPS) is 11.8. The molecule has 0 bridgehead atoms. The maximum atomic E-state index is 9.33. The molecule has 0 spiro atoms. The third-order valence-electron chi connectivity index (χ3n) is 3.33. The average Bonchev–Trinajstić information content (AvgIpc) is 2.69. The first-order valence-corrected chi connectivity index (χ1v) is 12.4. The highest BCUT2D eigenvalue weighted by molar-refractivity contribution is 14.1. The Balaban J connectivity index is 2.36. The van der Waals surface area contributed by atoms with Crippen LogP contribution in [0.15, 0.2) is 10.7 Å². The molecule has 8 heteroatoms. The summed E-state index contributed by atoms with van der Waals surface area (Å²) < 4.78 is 9.63. The number of nitrogens with zero attached hydrogens (tertiary/aromatic N) is 3. The Hall–Kier alpha value is -0.633. The lowest BCUT2D eigenvalue weighted by molar-refractivity contribution is 0.0886. The topological polar surface area (TPSA) is 76.9 Å². The van der Waals surface area contributed by atoms with Crippen molar-refractivity contribution in [1.29, 1.82) is 5.26 Å². The molecule has 0 unspecified atom stereocenters. The number of rotatable bonds is 5. The van der Waals surface area contributed by atoms with Crippen LogP contribution in [0.1, 0.15) is 5.56 Å². The van der Waals surface area contributed by atoms with Crippen molar-refractivity contribution in [2.24, 2.45) is 0 Å². The minimum atomic E-state index is -1.11. The molecule has 0 saturated carbocycles. The van der Waals surface area contributed by atoms with E-state index in [4.69, 9.17) is 10.5 Å². The van der Waals surface area contributed by atoms with Crippen LogP contribution in [0.5, 0.6) is 0 Å². The first-order valence-electron chi connectivity index (χ1n) is 6.86. The number of nitrogen functional groups attached to an aromatic ring is 1. The standard InChI is InChI=1S/C14H18BrIN4OSi/c1-22(2,3)5-4-21-8-20-12-9(6-17)7-19-14(18)10(12)11(15)13(20)16/h7H,4-5,8H2,1-3H3,(H2,18,19). The predicted molar refractivity (Wildman–Crippen MR) is 103 cm³/mol. The van der Waals surface area contributed by atoms with Gasteiger partial charge in [-0.3, -0.25) is 0 Å². The van der Waals surface area contributed by atoms with Crippen LogP contribution in [-0.2, 0) is 11.5 Å². The lowest BCUT2D eigenvalue weighted by Crippen LogP contribution is -2.22. The molecule has 2 rings (SSSR count). The van der Waals surface area contributed by atoms with E-state index in [2.05, 4.69) is 69.2 Å². The van der Waals surface area contributed by atoms with Crippen molar-refractivity contribution >= 4 is 63.3 Å². The fourth-order valence-electron chi connectivity index (χ4n) is 2.07. The van der Waals surface area contributed by atoms with Crippen molar-refractivity contribution in [1.82, 2.24) is 9.55 Å². The minimum absolute atomic E-state index is 0.406. The number of nitriles is 1. The molecule has 2 heterocycles. The van der Waals surface area contributed by atoms with E-state index in [-0.39, 0.29) is 0 Å². The van der Waals surface area contributed by atoms with Crippen LogP contribution in [0, 0.1) is 15.0 Å². The maximum Gasteiger partial charge on any atom is 0.134 e. The van der Waals surface area contributed by atoms with Gasteiger partial charge >= 0.3 is 0 Å². The number of hydrogen-bond acceptors (Lipinski definition) is 4. The van der Waals surface area contributed by atoms with Crippen molar-refractivity contribution in [2.45, 2.75) is 32.4 Å². The Labute approximate surface area is 153 Å². The van der Waals surface area contributed by atoms with Gasteiger partial charge in [0, 0.05) is 20.9 Å². The number of hydrogen-bond donors (Lipinski definition) is 1. The predicted octanol–water partition coefficient (Wildman–Crippen LogP) is 4.17. The first-order chi connectivity index (χ1) is 10.3. The van der Waals surface area contributed by atoms with E-state index in [1.165, 1.54) is 6.20 Å². The second-order valence-electron chi connectivity index (χ2n) is 6.27. The summed E-state index contributed by atoms with van der Waals surface area (Å²) in [6, 6.07) is 3.29. The number of aromatic nitrogens is 2. The van der Waals surface area contributed by atoms with Gasteiger partial charge in [-0.15, -0.1) is 0 Å². The molecule has 2 N–H and O–H groups in total. The van der Waals surface area contributed by atoms with Gasteiger partial charge in [0.1, 0.15) is 18.6 Å². The average molecular weight is 493 g/mol. The molecule has 118 valence electrons. The van der Waals surface area contributed by atoms with Crippen LogP contribution in [-0.4, -0.2) is 24.2 Å². The molecule has 0 radical (unpaired) electrons. The van der Waals surface area contributed by atoms with Crippen LogP contribution in [0.25, 0.3) is 10.9 Å². The van der Waals surface area contributed by atoms with Gasteiger partial charge in [-0.1, -0.05) is 19.6 Å². The molecule has 0 saturated heterocycles. The van der Waals surface area contributed by atoms with Crippen molar-refractivity contribution in [3.63, 3.8) is 0 Å². The van der Waals surface area contributed by atoms with Crippen LogP contribution in [0.2, 0.25) is 25.7 Å². The summed E-state index contributed by atoms with van der Waals surface area (Å²) in [7, 11) is -1.11. The zero-order valence-corrected chi connectivity index (χ0v) is 17.5. The van der Waals surface area contributed by atoms with E-state index < -0.39 is 8.07 Å². The Morgan fingerprint density at radius 3 is 2.77 bits per heavy atom. The van der Waals surface area contributed by atoms with E-state index in [0.717, 1.165) is 31.7 Å². The summed E-state index contributed by atoms with van der Waals surface area (Å²) in [4.78, 5) is 4.10. The SMILES string of the molecule is C[Si](C)(C)CCOCn1c(I)c(Br)c2c(N)ncc(C#N)c21. The van der Waals surface area contributed by atoms with Crippen molar-refractivity contribution in [3.05, 3.63) is 19.9 Å². The lowest BCUT2D eigenvalue weighted by atomic mass is 10.2. The number of halogens is 2. The van der Waals surface area contributed by atoms with Gasteiger partial charge in [0.25, 0.3) is 0 Å². The number of nitrogens with two attached hydrogens (primary N) is 1. The highest BCUT2D eigenvalue weighted by Crippen LogP contribution is 2.36. The zero-order valence-electron chi connectivity index (χ0n) is 12.8. The minimum Gasteiger partial charge on any atom is -0.383 e. The largest absolute Gasteiger partial charge is 0.383 e. The number of pyridine rings is 1. The number of anilines is 1. The first kappa shape index (κ1) is 17.7. The highest BCUT2D eigenvalue weighted by Gasteiger charge is 2.20. The molecule has 2 aromatic rings. The Kier molecular flexibility index (Phi) is 5.53. The molecule has 0 aliphatic rings. The molecule has 0 aromatic carbocycles. The zero-order chi connectivity index (χ0) is 16.5. The van der Waals surface area contributed by atoms with Gasteiger partial charge < -0.3 is 15.0 Å². The lowest BCUT2D eigenvalue weighted by Gasteiger charge is -2.16. The summed E-state index contributed by atoms with van der Waals surface area (Å²) in [5, 5.41) is 10.1. The molecule has 2 aromatic heterocycles. The maximum absolute atomic E-state index is 9.33. The third-order valence-corrected chi connectivity index (χ3v) is 7.66. The summed E-state index contributed by atoms with van der Waals surface area (Å²) in [6.07, 6.45) is 1.51. The number of ether oxygens (including phenoxy) is 1. The molecule has 22 heavy (non-hydrogen) atoms. The monoisotopic (exact) mass is 492 g/mol. The van der Waals surface area contributed by atoms with Crippen LogP contribution in [0.3, 0.4) is 0 Å². The van der Waals surface area contributed by atoms with Crippen LogP contribution >= 0.6 is 38.5 Å². The van der Waals surface area contributed by atoms with E-state index in [0.29, 0.717) is 18.1 Å². The molecule has 0 aliphatic heterocycles. The quantitative estimate of drug-likeness (QED) is 0.386. The second kappa shape index (κ2) is 6.86. The van der Waals surface area contributed by atoms with Crippen molar-refractivity contribution in [3.8, 4) is 6.07 Å². The molecule has 0 fully saturated rings. The fraction of sp³-hybridized carbons (Fsp3) is 0.429. The summed E-state index contributed by atoms with van der Waals surface area (Å²) in [5.41, 5.74) is 7.25. The van der Waals surface area contributed by atoms with E-state index in [1.54, 1.807) is 0 Å². The molecule has 0 amide bonds. The van der Waals surface area contributed by atoms with Gasteiger partial charge in [-0.2, -0.15) is 5.26 Å². The van der Waals surface area contributed by atoms with E-state index >= 15 is 0 Å². The van der Waals surface area contributed by atoms with Gasteiger partial charge in [0.15, 0.2) is 0 Å². The number of fused-ring (bicyclic) bond motifs is 1. The summed E-state index contributed by atoms with van der Waals surface area (Å²) in [6.45, 7) is 8.10. The van der Waals surface area contributed by atoms with Gasteiger partial charge in [0.2, 0.25) is 0 Å². The summed E-state index contributed by atoms with van der Waals surface area (Å²) >= 11 is 5.78. The molecular weight excluding hydrogens is 475 g/mol. The molecular formula is C14H18BrIN4OSi. The summed E-state index contributed by atoms with van der Waals surface area (Å²) in [5.74, 6) is 0.416. The van der Waals surface area contributed by atoms with Gasteiger partial charge in [-0.25, -0.2) is 4.98 Å². The van der Waals surface area contributed by atoms with Crippen molar-refractivity contribution < 1.29 is 4.74 Å². The Morgan fingerprint density at radius 2 is 2.18 bits per heavy atom. The smallest absolute Gasteiger partial charge is 0.134 e. The van der Waals surface area contributed by atoms with Crippen LogP contribution in [0.4, 0.5) is 5.82 Å². The second-order valence-corrected chi connectivity index (χ2v) is 13.7. The van der Waals surface area contributed by atoms with Crippen molar-refractivity contribution in [2.75, 3.05) is 12.3 Å². The van der Waals surface area contributed by atoms with Gasteiger partial charge in [-0.05, 0) is 44.6 Å². The fourth-order valence-corrected chi connectivity index (χ4v) is 4.08. The van der Waals surface area contributed by atoms with E-state index in [1.807, 2.05) is 4.57 Å². The third kappa shape index (κ3) is 3.64. The van der Waals surface area contributed by atoms with Crippen LogP contribution < -0.4 is 5.73 Å². The van der Waals surface area contributed by atoms with E-state index in [9.17, 15) is 5.26 Å². The molecule has 0 atom stereocenters. The van der Waals surface area contributed by atoms with Gasteiger partial charge in [0.05, 0.1) is 24.6 Å². The highest BCUT2D eigenvalue weighted by atomic mass is 127. The Morgan fingerprint density at radius 1 is 1.50 bits per heavy atom. The molecule has 5 nitrogen and oxygen atoms in total.